The fourth-order valence-corrected chi connectivity index (χ4v) is 4.49. The third-order valence-corrected chi connectivity index (χ3v) is 6.68. The Bertz CT molecular complexity index is 1080. The molecule has 9 nitrogen and oxygen atoms in total. The summed E-state index contributed by atoms with van der Waals surface area (Å²) in [6.45, 7) is 5.90. The van der Waals surface area contributed by atoms with Crippen LogP contribution in [0.15, 0.2) is 54.6 Å². The first kappa shape index (κ1) is 30.0. The first-order valence-corrected chi connectivity index (χ1v) is 13.6. The summed E-state index contributed by atoms with van der Waals surface area (Å²) in [5.74, 6) is -0.0595. The number of amides is 3. The Balaban J connectivity index is 1.86. The van der Waals surface area contributed by atoms with Crippen molar-refractivity contribution in [2.24, 2.45) is 5.92 Å². The van der Waals surface area contributed by atoms with Gasteiger partial charge < -0.3 is 30.5 Å². The van der Waals surface area contributed by atoms with E-state index in [1.165, 1.54) is 0 Å². The normalized spacial score (nSPS) is 22.8. The highest BCUT2D eigenvalue weighted by Gasteiger charge is 2.38. The minimum Gasteiger partial charge on any atom is -0.494 e. The van der Waals surface area contributed by atoms with Gasteiger partial charge in [0.15, 0.2) is 0 Å². The van der Waals surface area contributed by atoms with Gasteiger partial charge in [0.2, 0.25) is 11.8 Å². The molecule has 2 bridgehead atoms. The molecule has 0 saturated carbocycles. The van der Waals surface area contributed by atoms with E-state index in [4.69, 9.17) is 9.47 Å². The number of aliphatic hydroxyl groups is 1. The number of carbonyl (C=O) groups excluding carboxylic acids is 3. The standard InChI is InChI=1S/C30H41N3O6/c1-21(2)17-26-27(35)31-24(19-34)11-7-8-16-38-25-14-12-22(13-15-25)18-30(3,28(36)32-26)33-29(37)39-20-23-9-5-4-6-10-23/h4-6,9-10,12-15,21,24,26,34H,7-8,11,16-20H2,1-3H3,(H,31,35)(H,32,36)(H,33,37)/t24-,26-,30-/m0/s1. The van der Waals surface area contributed by atoms with Crippen molar-refractivity contribution in [3.05, 3.63) is 65.7 Å². The Morgan fingerprint density at radius 1 is 1.10 bits per heavy atom. The van der Waals surface area contributed by atoms with Crippen LogP contribution in [0, 0.1) is 5.92 Å². The molecule has 2 aromatic rings. The van der Waals surface area contributed by atoms with Crippen LogP contribution in [-0.4, -0.2) is 53.9 Å². The summed E-state index contributed by atoms with van der Waals surface area (Å²) in [7, 11) is 0. The zero-order chi connectivity index (χ0) is 28.3. The van der Waals surface area contributed by atoms with Crippen molar-refractivity contribution in [1.29, 1.82) is 0 Å². The van der Waals surface area contributed by atoms with E-state index in [0.29, 0.717) is 25.2 Å². The molecular formula is C30H41N3O6. The molecule has 212 valence electrons. The first-order chi connectivity index (χ1) is 18.7. The second-order valence-electron chi connectivity index (χ2n) is 10.7. The monoisotopic (exact) mass is 539 g/mol. The van der Waals surface area contributed by atoms with Gasteiger partial charge in [-0.15, -0.1) is 0 Å². The lowest BCUT2D eigenvalue weighted by atomic mass is 9.90. The molecule has 9 heteroatoms. The summed E-state index contributed by atoms with van der Waals surface area (Å²) in [4.78, 5) is 39.8. The van der Waals surface area contributed by atoms with E-state index in [2.05, 4.69) is 16.0 Å². The van der Waals surface area contributed by atoms with Gasteiger partial charge in [0.1, 0.15) is 23.9 Å². The topological polar surface area (TPSA) is 126 Å². The fraction of sp³-hybridized carbons (Fsp3) is 0.500. The molecule has 0 spiro atoms. The summed E-state index contributed by atoms with van der Waals surface area (Å²) < 4.78 is 11.2. The molecule has 2 heterocycles. The van der Waals surface area contributed by atoms with Crippen LogP contribution < -0.4 is 20.7 Å². The van der Waals surface area contributed by atoms with Gasteiger partial charge in [0.05, 0.1) is 19.3 Å². The number of carbonyl (C=O) groups is 3. The molecule has 0 saturated heterocycles. The fourth-order valence-electron chi connectivity index (χ4n) is 4.49. The van der Waals surface area contributed by atoms with Crippen LogP contribution in [0.1, 0.15) is 57.6 Å². The number of fused-ring (bicyclic) bond motifs is 14. The maximum Gasteiger partial charge on any atom is 0.408 e. The van der Waals surface area contributed by atoms with Gasteiger partial charge in [0.25, 0.3) is 0 Å². The zero-order valence-electron chi connectivity index (χ0n) is 23.1. The molecule has 4 N–H and O–H groups in total. The Labute approximate surface area is 230 Å². The van der Waals surface area contributed by atoms with E-state index in [9.17, 15) is 19.5 Å². The number of alkyl carbamates (subject to hydrolysis) is 1. The Hall–Kier alpha value is -3.59. The van der Waals surface area contributed by atoms with E-state index in [1.54, 1.807) is 6.92 Å². The van der Waals surface area contributed by atoms with Gasteiger partial charge in [-0.2, -0.15) is 0 Å². The molecule has 3 atom stereocenters. The first-order valence-electron chi connectivity index (χ1n) is 13.6. The third-order valence-electron chi connectivity index (χ3n) is 6.68. The van der Waals surface area contributed by atoms with Crippen molar-refractivity contribution in [3.63, 3.8) is 0 Å². The SMILES string of the molecule is CC(C)C[C@@H]1NC(=O)[C@@](C)(NC(=O)OCc2ccccc2)Cc2ccc(cc2)OCCCC[C@@H](CO)NC1=O. The maximum atomic E-state index is 13.8. The zero-order valence-corrected chi connectivity index (χ0v) is 23.1. The van der Waals surface area contributed by atoms with Crippen molar-refractivity contribution >= 4 is 17.9 Å². The number of rotatable bonds is 6. The van der Waals surface area contributed by atoms with Crippen LogP contribution in [0.3, 0.4) is 0 Å². The smallest absolute Gasteiger partial charge is 0.408 e. The molecule has 3 amide bonds. The van der Waals surface area contributed by atoms with Gasteiger partial charge >= 0.3 is 6.09 Å². The van der Waals surface area contributed by atoms with Crippen molar-refractivity contribution < 1.29 is 29.0 Å². The van der Waals surface area contributed by atoms with Crippen LogP contribution in [0.2, 0.25) is 0 Å². The largest absolute Gasteiger partial charge is 0.494 e. The summed E-state index contributed by atoms with van der Waals surface area (Å²) in [6.07, 6.45) is 1.93. The molecule has 0 radical (unpaired) electrons. The third kappa shape index (κ3) is 9.58. The highest BCUT2D eigenvalue weighted by Crippen LogP contribution is 2.20. The molecule has 0 aromatic heterocycles. The highest BCUT2D eigenvalue weighted by molar-refractivity contribution is 5.94. The summed E-state index contributed by atoms with van der Waals surface area (Å²) in [5.41, 5.74) is 0.201. The average molecular weight is 540 g/mol. The van der Waals surface area contributed by atoms with Crippen molar-refractivity contribution in [2.75, 3.05) is 13.2 Å². The van der Waals surface area contributed by atoms with Crippen LogP contribution in [-0.2, 0) is 27.4 Å². The second kappa shape index (κ2) is 14.5. The van der Waals surface area contributed by atoms with Crippen LogP contribution in [0.25, 0.3) is 0 Å². The van der Waals surface area contributed by atoms with Crippen LogP contribution >= 0.6 is 0 Å². The second-order valence-corrected chi connectivity index (χ2v) is 10.7. The van der Waals surface area contributed by atoms with Crippen molar-refractivity contribution in [1.82, 2.24) is 16.0 Å². The molecule has 2 aliphatic heterocycles. The molecule has 2 aliphatic rings. The van der Waals surface area contributed by atoms with E-state index < -0.39 is 29.6 Å². The Morgan fingerprint density at radius 3 is 2.49 bits per heavy atom. The average Bonchev–Trinajstić information content (AvgIpc) is 2.91. The summed E-state index contributed by atoms with van der Waals surface area (Å²) >= 11 is 0. The summed E-state index contributed by atoms with van der Waals surface area (Å²) in [5, 5.41) is 18.3. The van der Waals surface area contributed by atoms with Crippen molar-refractivity contribution in [3.8, 4) is 5.75 Å². The maximum absolute atomic E-state index is 13.8. The number of ether oxygens (including phenoxy) is 2. The molecule has 0 aliphatic carbocycles. The van der Waals surface area contributed by atoms with E-state index >= 15 is 0 Å². The van der Waals surface area contributed by atoms with Gasteiger partial charge in [-0.1, -0.05) is 56.3 Å². The summed E-state index contributed by atoms with van der Waals surface area (Å²) in [6, 6.07) is 15.4. The van der Waals surface area contributed by atoms with Crippen LogP contribution in [0.4, 0.5) is 4.79 Å². The lowest BCUT2D eigenvalue weighted by Crippen LogP contribution is -2.62. The van der Waals surface area contributed by atoms with Crippen molar-refractivity contribution in [2.45, 2.75) is 77.1 Å². The molecule has 0 fully saturated rings. The number of aliphatic hydroxyl groups excluding tert-OH is 1. The van der Waals surface area contributed by atoms with Gasteiger partial charge in [0, 0.05) is 6.42 Å². The Kier molecular flexibility index (Phi) is 11.2. The minimum absolute atomic E-state index is 0.0529. The quantitative estimate of drug-likeness (QED) is 0.445. The molecule has 4 rings (SSSR count). The van der Waals surface area contributed by atoms with E-state index in [1.807, 2.05) is 68.4 Å². The van der Waals surface area contributed by atoms with Crippen LogP contribution in [0.5, 0.6) is 5.75 Å². The molecule has 39 heavy (non-hydrogen) atoms. The highest BCUT2D eigenvalue weighted by atomic mass is 16.5. The number of nitrogens with one attached hydrogen (secondary N) is 3. The molecule has 2 aromatic carbocycles. The number of benzene rings is 2. The van der Waals surface area contributed by atoms with E-state index in [0.717, 1.165) is 24.0 Å². The van der Waals surface area contributed by atoms with Gasteiger partial charge in [-0.05, 0) is 61.8 Å². The lowest BCUT2D eigenvalue weighted by Gasteiger charge is -2.32. The lowest BCUT2D eigenvalue weighted by molar-refractivity contribution is -0.133. The predicted molar refractivity (Wildman–Crippen MR) is 148 cm³/mol. The number of hydrogen-bond donors (Lipinski definition) is 4. The minimum atomic E-state index is -1.42. The molecular weight excluding hydrogens is 498 g/mol. The van der Waals surface area contributed by atoms with Gasteiger partial charge in [-0.25, -0.2) is 4.79 Å². The molecule has 0 unspecified atom stereocenters. The van der Waals surface area contributed by atoms with E-state index in [-0.39, 0.29) is 31.5 Å². The number of hydrogen-bond acceptors (Lipinski definition) is 6. The predicted octanol–water partition coefficient (Wildman–Crippen LogP) is 3.48. The Morgan fingerprint density at radius 2 is 1.82 bits per heavy atom. The van der Waals surface area contributed by atoms with Gasteiger partial charge in [-0.3, -0.25) is 9.59 Å².